The summed E-state index contributed by atoms with van der Waals surface area (Å²) in [5.74, 6) is 6.25. The molecule has 14 heavy (non-hydrogen) atoms. The molecule has 0 saturated heterocycles. The van der Waals surface area contributed by atoms with Crippen molar-refractivity contribution in [3.05, 3.63) is 35.4 Å². The number of nitrogens with zero attached hydrogens (tertiary/aromatic N) is 1. The highest BCUT2D eigenvalue weighted by Gasteiger charge is 1.88. The Morgan fingerprint density at radius 2 is 1.79 bits per heavy atom. The molecule has 0 bridgehead atoms. The van der Waals surface area contributed by atoms with E-state index in [-0.39, 0.29) is 0 Å². The summed E-state index contributed by atoms with van der Waals surface area (Å²) in [6.07, 6.45) is 1.09. The molecule has 0 fully saturated rings. The summed E-state index contributed by atoms with van der Waals surface area (Å²) in [6.45, 7) is 2.97. The van der Waals surface area contributed by atoms with Gasteiger partial charge in [0.25, 0.3) is 0 Å². The minimum atomic E-state index is 0.815. The maximum absolute atomic E-state index is 3.14. The molecule has 74 valence electrons. The Morgan fingerprint density at radius 1 is 1.14 bits per heavy atom. The maximum Gasteiger partial charge on any atom is 0.0600 e. The summed E-state index contributed by atoms with van der Waals surface area (Å²) in [4.78, 5) is 2.06. The molecule has 0 heterocycles. The molecule has 1 aromatic carbocycles. The first-order valence-electron chi connectivity index (χ1n) is 4.95. The molecule has 0 N–H and O–H groups in total. The van der Waals surface area contributed by atoms with Crippen molar-refractivity contribution < 1.29 is 0 Å². The van der Waals surface area contributed by atoms with E-state index in [1.807, 2.05) is 14.1 Å². The van der Waals surface area contributed by atoms with Crippen LogP contribution in [-0.2, 0) is 6.42 Å². The molecule has 0 atom stereocenters. The Morgan fingerprint density at radius 3 is 2.29 bits per heavy atom. The highest BCUT2D eigenvalue weighted by atomic mass is 15.0. The summed E-state index contributed by atoms with van der Waals surface area (Å²) in [5, 5.41) is 0. The van der Waals surface area contributed by atoms with Gasteiger partial charge >= 0.3 is 0 Å². The average molecular weight is 187 g/mol. The fourth-order valence-electron chi connectivity index (χ4n) is 1.12. The lowest BCUT2D eigenvalue weighted by Gasteiger charge is -2.01. The van der Waals surface area contributed by atoms with Gasteiger partial charge in [-0.1, -0.05) is 30.9 Å². The van der Waals surface area contributed by atoms with Gasteiger partial charge in [-0.3, -0.25) is 4.90 Å². The van der Waals surface area contributed by atoms with E-state index in [4.69, 9.17) is 0 Å². The topological polar surface area (TPSA) is 3.24 Å². The largest absolute Gasteiger partial charge is 0.299 e. The van der Waals surface area contributed by atoms with Crippen LogP contribution in [0.2, 0.25) is 0 Å². The number of benzene rings is 1. The summed E-state index contributed by atoms with van der Waals surface area (Å²) < 4.78 is 0. The Balaban J connectivity index is 2.62. The lowest BCUT2D eigenvalue weighted by Crippen LogP contribution is -2.10. The molecule has 0 saturated carbocycles. The predicted octanol–water partition coefficient (Wildman–Crippen LogP) is 2.16. The van der Waals surface area contributed by atoms with E-state index in [1.54, 1.807) is 0 Å². The van der Waals surface area contributed by atoms with E-state index in [9.17, 15) is 0 Å². The van der Waals surface area contributed by atoms with E-state index in [1.165, 1.54) is 5.56 Å². The minimum Gasteiger partial charge on any atom is -0.299 e. The molecule has 0 amide bonds. The molecule has 0 unspecified atom stereocenters. The zero-order chi connectivity index (χ0) is 10.4. The van der Waals surface area contributed by atoms with Crippen LogP contribution >= 0.6 is 0 Å². The van der Waals surface area contributed by atoms with E-state index in [2.05, 4.69) is 47.9 Å². The lowest BCUT2D eigenvalue weighted by molar-refractivity contribution is 0.464. The van der Waals surface area contributed by atoms with Crippen LogP contribution in [0, 0.1) is 11.8 Å². The number of aryl methyl sites for hydroxylation is 1. The van der Waals surface area contributed by atoms with Crippen LogP contribution in [0.5, 0.6) is 0 Å². The third-order valence-corrected chi connectivity index (χ3v) is 1.99. The van der Waals surface area contributed by atoms with Gasteiger partial charge in [-0.2, -0.15) is 0 Å². The average Bonchev–Trinajstić information content (AvgIpc) is 2.18. The number of rotatable bonds is 2. The Labute approximate surface area is 86.7 Å². The molecule has 0 aliphatic rings. The van der Waals surface area contributed by atoms with E-state index < -0.39 is 0 Å². The van der Waals surface area contributed by atoms with Gasteiger partial charge in [0, 0.05) is 5.56 Å². The Bertz CT molecular complexity index is 324. The molecule has 0 aromatic heterocycles. The Kier molecular flexibility index (Phi) is 4.22. The molecule has 0 radical (unpaired) electrons. The van der Waals surface area contributed by atoms with Crippen LogP contribution in [0.1, 0.15) is 18.1 Å². The van der Waals surface area contributed by atoms with Crippen LogP contribution in [-0.4, -0.2) is 25.5 Å². The van der Waals surface area contributed by atoms with Crippen LogP contribution in [0.3, 0.4) is 0 Å². The van der Waals surface area contributed by atoms with Gasteiger partial charge in [-0.25, -0.2) is 0 Å². The van der Waals surface area contributed by atoms with Gasteiger partial charge in [-0.05, 0) is 38.2 Å². The first-order valence-corrected chi connectivity index (χ1v) is 4.95. The van der Waals surface area contributed by atoms with Crippen molar-refractivity contribution >= 4 is 0 Å². The van der Waals surface area contributed by atoms with Gasteiger partial charge in [0.1, 0.15) is 0 Å². The van der Waals surface area contributed by atoms with E-state index in [0.29, 0.717) is 0 Å². The van der Waals surface area contributed by atoms with Crippen molar-refractivity contribution in [1.29, 1.82) is 0 Å². The molecular formula is C13H17N. The van der Waals surface area contributed by atoms with Gasteiger partial charge in [0.2, 0.25) is 0 Å². The van der Waals surface area contributed by atoms with Crippen molar-refractivity contribution in [3.63, 3.8) is 0 Å². The van der Waals surface area contributed by atoms with Gasteiger partial charge in [0.15, 0.2) is 0 Å². The summed E-state index contributed by atoms with van der Waals surface area (Å²) in [6, 6.07) is 8.45. The van der Waals surface area contributed by atoms with Crippen molar-refractivity contribution in [2.24, 2.45) is 0 Å². The molecule has 0 spiro atoms. The lowest BCUT2D eigenvalue weighted by atomic mass is 10.1. The molecular weight excluding hydrogens is 170 g/mol. The van der Waals surface area contributed by atoms with Crippen molar-refractivity contribution in [1.82, 2.24) is 4.90 Å². The third-order valence-electron chi connectivity index (χ3n) is 1.99. The summed E-state index contributed by atoms with van der Waals surface area (Å²) >= 11 is 0. The SMILES string of the molecule is CCc1ccc(C#CCN(C)C)cc1. The molecule has 0 aliphatic heterocycles. The molecule has 1 heteroatoms. The third kappa shape index (κ3) is 3.64. The highest BCUT2D eigenvalue weighted by Crippen LogP contribution is 2.03. The minimum absolute atomic E-state index is 0.815. The van der Waals surface area contributed by atoms with E-state index >= 15 is 0 Å². The number of hydrogen-bond donors (Lipinski definition) is 0. The van der Waals surface area contributed by atoms with Gasteiger partial charge < -0.3 is 0 Å². The standard InChI is InChI=1S/C13H17N/c1-4-12-7-9-13(10-8-12)6-5-11-14(2)3/h7-10H,4,11H2,1-3H3. The Hall–Kier alpha value is -1.26. The summed E-state index contributed by atoms with van der Waals surface area (Å²) in [7, 11) is 4.05. The number of hydrogen-bond acceptors (Lipinski definition) is 1. The summed E-state index contributed by atoms with van der Waals surface area (Å²) in [5.41, 5.74) is 2.47. The predicted molar refractivity (Wildman–Crippen MR) is 61.3 cm³/mol. The molecule has 1 nitrogen and oxygen atoms in total. The van der Waals surface area contributed by atoms with Crippen molar-refractivity contribution in [3.8, 4) is 11.8 Å². The van der Waals surface area contributed by atoms with Gasteiger partial charge in [0.05, 0.1) is 6.54 Å². The van der Waals surface area contributed by atoms with Crippen LogP contribution in [0.25, 0.3) is 0 Å². The van der Waals surface area contributed by atoms with Crippen LogP contribution in [0.15, 0.2) is 24.3 Å². The molecule has 1 rings (SSSR count). The first kappa shape index (κ1) is 10.8. The van der Waals surface area contributed by atoms with Crippen molar-refractivity contribution in [2.75, 3.05) is 20.6 Å². The normalized spacial score (nSPS) is 9.71. The monoisotopic (exact) mass is 187 g/mol. The zero-order valence-electron chi connectivity index (χ0n) is 9.17. The van der Waals surface area contributed by atoms with Crippen molar-refractivity contribution in [2.45, 2.75) is 13.3 Å². The quantitative estimate of drug-likeness (QED) is 0.641. The molecule has 0 aliphatic carbocycles. The second-order valence-corrected chi connectivity index (χ2v) is 3.59. The van der Waals surface area contributed by atoms with Gasteiger partial charge in [-0.15, -0.1) is 0 Å². The van der Waals surface area contributed by atoms with E-state index in [0.717, 1.165) is 18.5 Å². The molecule has 1 aromatic rings. The maximum atomic E-state index is 3.14. The van der Waals surface area contributed by atoms with Crippen LogP contribution < -0.4 is 0 Å². The highest BCUT2D eigenvalue weighted by molar-refractivity contribution is 5.36. The van der Waals surface area contributed by atoms with Crippen LogP contribution in [0.4, 0.5) is 0 Å². The second-order valence-electron chi connectivity index (χ2n) is 3.59. The first-order chi connectivity index (χ1) is 6.72. The fourth-order valence-corrected chi connectivity index (χ4v) is 1.12. The fraction of sp³-hybridized carbons (Fsp3) is 0.385. The zero-order valence-corrected chi connectivity index (χ0v) is 9.17. The second kappa shape index (κ2) is 5.47. The smallest absolute Gasteiger partial charge is 0.0600 e.